The van der Waals surface area contributed by atoms with Crippen LogP contribution in [0.5, 0.6) is 0 Å². The molecule has 0 spiro atoms. The van der Waals surface area contributed by atoms with Crippen LogP contribution < -0.4 is 5.32 Å². The normalized spacial score (nSPS) is 18.6. The van der Waals surface area contributed by atoms with Crippen LogP contribution >= 0.6 is 0 Å². The Balaban J connectivity index is 1.72. The van der Waals surface area contributed by atoms with Crippen LogP contribution in [0.15, 0.2) is 28.9 Å². The summed E-state index contributed by atoms with van der Waals surface area (Å²) in [5.41, 5.74) is 2.04. The zero-order chi connectivity index (χ0) is 15.1. The van der Waals surface area contributed by atoms with Gasteiger partial charge in [0, 0.05) is 29.5 Å². The summed E-state index contributed by atoms with van der Waals surface area (Å²) in [6, 6.07) is 6.46. The minimum absolute atomic E-state index is 0.315. The molecule has 6 nitrogen and oxygen atoms in total. The van der Waals surface area contributed by atoms with Gasteiger partial charge >= 0.3 is 0 Å². The molecule has 3 heterocycles. The molecule has 1 aromatic carbocycles. The van der Waals surface area contributed by atoms with Crippen molar-refractivity contribution in [2.24, 2.45) is 0 Å². The first kappa shape index (κ1) is 13.5. The Hall–Kier alpha value is -2.21. The minimum Gasteiger partial charge on any atom is -0.334 e. The smallest absolute Gasteiger partial charge is 0.258 e. The molecular weight excluding hydrogens is 278 g/mol. The highest BCUT2D eigenvalue weighted by Crippen LogP contribution is 2.27. The van der Waals surface area contributed by atoms with Crippen LogP contribution in [-0.2, 0) is 0 Å². The number of nitrogens with one attached hydrogen (secondary N) is 1. The molecule has 2 aromatic heterocycles. The number of hydrogen-bond acceptors (Lipinski definition) is 5. The standard InChI is InChI=1S/C16H19N5O/c1-10(2)21-14-7-11(3-4-12(14)9-18-21)16-19-15(20-22-16)13-5-6-17-8-13/h3-4,7,9-10,13,17H,5-6,8H2,1-2H3. The molecule has 0 aliphatic carbocycles. The van der Waals surface area contributed by atoms with Gasteiger partial charge in [-0.05, 0) is 38.9 Å². The lowest BCUT2D eigenvalue weighted by molar-refractivity contribution is 0.417. The van der Waals surface area contributed by atoms with Crippen LogP contribution in [0.1, 0.15) is 38.1 Å². The number of fused-ring (bicyclic) bond motifs is 1. The van der Waals surface area contributed by atoms with Gasteiger partial charge in [0.25, 0.3) is 5.89 Å². The van der Waals surface area contributed by atoms with Crippen molar-refractivity contribution in [1.82, 2.24) is 25.2 Å². The van der Waals surface area contributed by atoms with E-state index in [1.54, 1.807) is 0 Å². The highest BCUT2D eigenvalue weighted by atomic mass is 16.5. The van der Waals surface area contributed by atoms with Crippen LogP contribution in [0.2, 0.25) is 0 Å². The molecule has 22 heavy (non-hydrogen) atoms. The lowest BCUT2D eigenvalue weighted by Gasteiger charge is -2.07. The van der Waals surface area contributed by atoms with Crippen molar-refractivity contribution in [1.29, 1.82) is 0 Å². The molecular formula is C16H19N5O. The molecule has 0 saturated carbocycles. The summed E-state index contributed by atoms with van der Waals surface area (Å²) in [6.45, 7) is 6.19. The number of nitrogens with zero attached hydrogens (tertiary/aromatic N) is 4. The zero-order valence-electron chi connectivity index (χ0n) is 12.8. The summed E-state index contributed by atoms with van der Waals surface area (Å²) >= 11 is 0. The maximum absolute atomic E-state index is 5.47. The quantitative estimate of drug-likeness (QED) is 0.805. The second-order valence-electron chi connectivity index (χ2n) is 6.10. The second-order valence-corrected chi connectivity index (χ2v) is 6.10. The Morgan fingerprint density at radius 1 is 1.36 bits per heavy atom. The van der Waals surface area contributed by atoms with Crippen molar-refractivity contribution in [2.75, 3.05) is 13.1 Å². The van der Waals surface area contributed by atoms with Crippen molar-refractivity contribution < 1.29 is 4.52 Å². The van der Waals surface area contributed by atoms with Crippen molar-refractivity contribution >= 4 is 10.9 Å². The van der Waals surface area contributed by atoms with Gasteiger partial charge in [-0.1, -0.05) is 11.2 Å². The van der Waals surface area contributed by atoms with Gasteiger partial charge < -0.3 is 9.84 Å². The maximum atomic E-state index is 5.47. The molecule has 1 unspecified atom stereocenters. The number of aromatic nitrogens is 4. The molecule has 3 aromatic rings. The van der Waals surface area contributed by atoms with Gasteiger partial charge in [0.2, 0.25) is 0 Å². The summed E-state index contributed by atoms with van der Waals surface area (Å²) in [5, 5.41) is 13.0. The fourth-order valence-corrected chi connectivity index (χ4v) is 2.98. The third-order valence-electron chi connectivity index (χ3n) is 4.20. The first-order chi connectivity index (χ1) is 10.7. The Morgan fingerprint density at radius 2 is 2.27 bits per heavy atom. The molecule has 0 radical (unpaired) electrons. The highest BCUT2D eigenvalue weighted by molar-refractivity contribution is 5.83. The lowest BCUT2D eigenvalue weighted by atomic mass is 10.1. The molecule has 1 N–H and O–H groups in total. The number of hydrogen-bond donors (Lipinski definition) is 1. The van der Waals surface area contributed by atoms with E-state index in [-0.39, 0.29) is 0 Å². The molecule has 1 atom stereocenters. The first-order valence-electron chi connectivity index (χ1n) is 7.74. The van der Waals surface area contributed by atoms with Gasteiger partial charge in [0.1, 0.15) is 0 Å². The zero-order valence-corrected chi connectivity index (χ0v) is 12.8. The second kappa shape index (κ2) is 5.21. The lowest BCUT2D eigenvalue weighted by Crippen LogP contribution is -2.08. The summed E-state index contributed by atoms with van der Waals surface area (Å²) in [4.78, 5) is 4.58. The van der Waals surface area contributed by atoms with E-state index in [9.17, 15) is 0 Å². The summed E-state index contributed by atoms with van der Waals surface area (Å²) < 4.78 is 7.48. The van der Waals surface area contributed by atoms with Crippen molar-refractivity contribution in [3.05, 3.63) is 30.2 Å². The first-order valence-corrected chi connectivity index (χ1v) is 7.74. The van der Waals surface area contributed by atoms with Gasteiger partial charge in [0.15, 0.2) is 5.82 Å². The van der Waals surface area contributed by atoms with Crippen molar-refractivity contribution in [3.63, 3.8) is 0 Å². The van der Waals surface area contributed by atoms with Crippen molar-refractivity contribution in [3.8, 4) is 11.5 Å². The van der Waals surface area contributed by atoms with Gasteiger partial charge in [0.05, 0.1) is 11.7 Å². The molecule has 0 bridgehead atoms. The Kier molecular flexibility index (Phi) is 3.18. The molecule has 114 valence electrons. The van der Waals surface area contributed by atoms with Gasteiger partial charge in [-0.2, -0.15) is 10.1 Å². The molecule has 0 amide bonds. The third-order valence-corrected chi connectivity index (χ3v) is 4.20. The van der Waals surface area contributed by atoms with Gasteiger partial charge in [-0.3, -0.25) is 4.68 Å². The van der Waals surface area contributed by atoms with Crippen molar-refractivity contribution in [2.45, 2.75) is 32.2 Å². The van der Waals surface area contributed by atoms with Crippen LogP contribution in [0, 0.1) is 0 Å². The summed E-state index contributed by atoms with van der Waals surface area (Å²) in [5.74, 6) is 1.75. The Morgan fingerprint density at radius 3 is 3.05 bits per heavy atom. The van der Waals surface area contributed by atoms with E-state index in [0.717, 1.165) is 41.8 Å². The fourth-order valence-electron chi connectivity index (χ4n) is 2.98. The van der Waals surface area contributed by atoms with E-state index < -0.39 is 0 Å². The molecule has 6 heteroatoms. The van der Waals surface area contributed by atoms with E-state index in [0.29, 0.717) is 17.9 Å². The summed E-state index contributed by atoms with van der Waals surface area (Å²) in [6.07, 6.45) is 2.96. The maximum Gasteiger partial charge on any atom is 0.258 e. The van der Waals surface area contributed by atoms with E-state index >= 15 is 0 Å². The molecule has 1 fully saturated rings. The molecule has 1 aliphatic rings. The SMILES string of the molecule is CC(C)n1ncc2ccc(-c3nc(C4CCNC4)no3)cc21. The largest absolute Gasteiger partial charge is 0.334 e. The molecule has 1 aliphatic heterocycles. The highest BCUT2D eigenvalue weighted by Gasteiger charge is 2.22. The Bertz CT molecular complexity index is 798. The van der Waals surface area contributed by atoms with Crippen LogP contribution in [0.4, 0.5) is 0 Å². The topological polar surface area (TPSA) is 68.8 Å². The summed E-state index contributed by atoms with van der Waals surface area (Å²) in [7, 11) is 0. The number of benzene rings is 1. The predicted octanol–water partition coefficient (Wildman–Crippen LogP) is 2.74. The molecule has 1 saturated heterocycles. The monoisotopic (exact) mass is 297 g/mol. The van der Waals surface area contributed by atoms with E-state index in [4.69, 9.17) is 4.52 Å². The van der Waals surface area contributed by atoms with Crippen LogP contribution in [0.3, 0.4) is 0 Å². The van der Waals surface area contributed by atoms with Crippen LogP contribution in [0.25, 0.3) is 22.4 Å². The van der Waals surface area contributed by atoms with Gasteiger partial charge in [-0.15, -0.1) is 0 Å². The molecule has 4 rings (SSSR count). The average molecular weight is 297 g/mol. The third kappa shape index (κ3) is 2.20. The number of rotatable bonds is 3. The van der Waals surface area contributed by atoms with E-state index in [1.165, 1.54) is 0 Å². The minimum atomic E-state index is 0.315. The predicted molar refractivity (Wildman–Crippen MR) is 83.6 cm³/mol. The van der Waals surface area contributed by atoms with Crippen LogP contribution in [-0.4, -0.2) is 33.0 Å². The Labute approximate surface area is 128 Å². The van der Waals surface area contributed by atoms with E-state index in [1.807, 2.05) is 16.9 Å². The fraction of sp³-hybridized carbons (Fsp3) is 0.438. The van der Waals surface area contributed by atoms with Gasteiger partial charge in [-0.25, -0.2) is 0 Å². The average Bonchev–Trinajstić information content (AvgIpc) is 3.25. The van der Waals surface area contributed by atoms with E-state index in [2.05, 4.69) is 46.5 Å².